The summed E-state index contributed by atoms with van der Waals surface area (Å²) in [5.74, 6) is -1.04. The summed E-state index contributed by atoms with van der Waals surface area (Å²) in [7, 11) is 0. The highest BCUT2D eigenvalue weighted by molar-refractivity contribution is 5.89. The maximum absolute atomic E-state index is 10.9. The van der Waals surface area contributed by atoms with Gasteiger partial charge in [-0.1, -0.05) is 24.3 Å². The van der Waals surface area contributed by atoms with Crippen LogP contribution in [0.1, 0.15) is 27.6 Å². The predicted molar refractivity (Wildman–Crippen MR) is 60.7 cm³/mol. The summed E-state index contributed by atoms with van der Waals surface area (Å²) >= 11 is 0. The van der Waals surface area contributed by atoms with Crippen LogP contribution in [0.15, 0.2) is 36.5 Å². The number of hydrogen-bond donors (Lipinski definition) is 2. The molecule has 3 rings (SSSR count). The average molecular weight is 227 g/mol. The molecule has 0 aliphatic heterocycles. The van der Waals surface area contributed by atoms with E-state index in [1.165, 1.54) is 12.3 Å². The monoisotopic (exact) mass is 227 g/mol. The lowest BCUT2D eigenvalue weighted by molar-refractivity contribution is 0.0696. The molecule has 1 heterocycles. The number of hydrogen-bond acceptors (Lipinski definition) is 3. The van der Waals surface area contributed by atoms with Gasteiger partial charge >= 0.3 is 5.97 Å². The second-order valence-corrected chi connectivity index (χ2v) is 3.96. The molecule has 4 nitrogen and oxygen atoms in total. The Kier molecular flexibility index (Phi) is 2.00. The van der Waals surface area contributed by atoms with Crippen LogP contribution < -0.4 is 0 Å². The van der Waals surface area contributed by atoms with Crippen molar-refractivity contribution in [1.82, 2.24) is 4.98 Å². The minimum Gasteiger partial charge on any atom is -0.478 e. The van der Waals surface area contributed by atoms with Gasteiger partial charge in [-0.2, -0.15) is 0 Å². The van der Waals surface area contributed by atoms with Crippen LogP contribution >= 0.6 is 0 Å². The Balaban J connectivity index is 2.24. The van der Waals surface area contributed by atoms with Gasteiger partial charge in [0.15, 0.2) is 0 Å². The van der Waals surface area contributed by atoms with Crippen LogP contribution in [0.5, 0.6) is 0 Å². The molecule has 17 heavy (non-hydrogen) atoms. The van der Waals surface area contributed by atoms with Crippen LogP contribution in [0, 0.1) is 0 Å². The second-order valence-electron chi connectivity index (χ2n) is 3.96. The lowest BCUT2D eigenvalue weighted by Gasteiger charge is -2.04. The number of rotatable bonds is 1. The molecule has 84 valence electrons. The maximum Gasteiger partial charge on any atom is 0.337 e. The lowest BCUT2D eigenvalue weighted by Crippen LogP contribution is -2.01. The quantitative estimate of drug-likeness (QED) is 0.779. The van der Waals surface area contributed by atoms with Crippen molar-refractivity contribution < 1.29 is 15.0 Å². The van der Waals surface area contributed by atoms with Crippen molar-refractivity contribution in [3.05, 3.63) is 53.2 Å². The van der Waals surface area contributed by atoms with Crippen LogP contribution in [-0.4, -0.2) is 21.2 Å². The number of carboxylic acid groups (broad SMARTS) is 1. The first kappa shape index (κ1) is 9.99. The van der Waals surface area contributed by atoms with E-state index in [0.29, 0.717) is 11.3 Å². The van der Waals surface area contributed by atoms with Crippen molar-refractivity contribution in [3.63, 3.8) is 0 Å². The van der Waals surface area contributed by atoms with E-state index in [4.69, 9.17) is 5.11 Å². The smallest absolute Gasteiger partial charge is 0.337 e. The molecule has 0 radical (unpaired) electrons. The molecule has 1 aliphatic carbocycles. The molecule has 0 amide bonds. The second kappa shape index (κ2) is 3.40. The number of nitrogens with zero attached hydrogens (tertiary/aromatic N) is 1. The van der Waals surface area contributed by atoms with E-state index >= 15 is 0 Å². The Bertz CT molecular complexity index is 622. The van der Waals surface area contributed by atoms with Gasteiger partial charge in [0.25, 0.3) is 0 Å². The van der Waals surface area contributed by atoms with Crippen molar-refractivity contribution in [3.8, 4) is 11.3 Å². The first-order chi connectivity index (χ1) is 8.18. The van der Waals surface area contributed by atoms with Crippen LogP contribution in [0.3, 0.4) is 0 Å². The highest BCUT2D eigenvalue weighted by atomic mass is 16.4. The number of carbonyl (C=O) groups is 1. The van der Waals surface area contributed by atoms with Gasteiger partial charge in [0.05, 0.1) is 11.3 Å². The van der Waals surface area contributed by atoms with Gasteiger partial charge in [-0.15, -0.1) is 0 Å². The van der Waals surface area contributed by atoms with E-state index in [1.54, 1.807) is 0 Å². The summed E-state index contributed by atoms with van der Waals surface area (Å²) in [6, 6.07) is 8.88. The molecule has 2 aromatic rings. The molecule has 1 unspecified atom stereocenters. The molecule has 0 fully saturated rings. The van der Waals surface area contributed by atoms with Crippen LogP contribution in [0.2, 0.25) is 0 Å². The fourth-order valence-electron chi connectivity index (χ4n) is 2.15. The van der Waals surface area contributed by atoms with Gasteiger partial charge < -0.3 is 10.2 Å². The van der Waals surface area contributed by atoms with E-state index in [2.05, 4.69) is 4.98 Å². The fraction of sp³-hybridized carbons (Fsp3) is 0.0769. The maximum atomic E-state index is 10.9. The number of benzene rings is 1. The molecule has 2 N–H and O–H groups in total. The largest absolute Gasteiger partial charge is 0.478 e. The first-order valence-electron chi connectivity index (χ1n) is 5.19. The summed E-state index contributed by atoms with van der Waals surface area (Å²) in [5.41, 5.74) is 2.96. The van der Waals surface area contributed by atoms with E-state index < -0.39 is 12.1 Å². The minimum atomic E-state index is -1.04. The number of pyridine rings is 1. The Morgan fingerprint density at radius 1 is 1.24 bits per heavy atom. The highest BCUT2D eigenvalue weighted by Gasteiger charge is 2.28. The zero-order valence-corrected chi connectivity index (χ0v) is 8.79. The normalized spacial score (nSPS) is 16.4. The Morgan fingerprint density at radius 3 is 2.76 bits per heavy atom. The molecule has 0 spiro atoms. The minimum absolute atomic E-state index is 0.0932. The average Bonchev–Trinajstić information content (AvgIpc) is 2.64. The third-order valence-corrected chi connectivity index (χ3v) is 2.97. The molecule has 4 heteroatoms. The highest BCUT2D eigenvalue weighted by Crippen LogP contribution is 2.41. The van der Waals surface area contributed by atoms with Gasteiger partial charge in [-0.05, 0) is 11.6 Å². The number of carboxylic acids is 1. The van der Waals surface area contributed by atoms with E-state index in [1.807, 2.05) is 24.3 Å². The number of fused-ring (bicyclic) bond motifs is 3. The molecule has 1 aromatic heterocycles. The number of aliphatic hydroxyl groups is 1. The SMILES string of the molecule is O=C(O)c1cnc2c(c1)C(O)c1ccccc1-2. The van der Waals surface area contributed by atoms with Crippen molar-refractivity contribution in [2.75, 3.05) is 0 Å². The zero-order valence-electron chi connectivity index (χ0n) is 8.79. The van der Waals surface area contributed by atoms with E-state index in [-0.39, 0.29) is 5.56 Å². The van der Waals surface area contributed by atoms with Gasteiger partial charge in [0, 0.05) is 17.3 Å². The van der Waals surface area contributed by atoms with E-state index in [9.17, 15) is 9.90 Å². The Labute approximate surface area is 97.2 Å². The molecule has 1 atom stereocenters. The van der Waals surface area contributed by atoms with Crippen molar-refractivity contribution >= 4 is 5.97 Å². The topological polar surface area (TPSA) is 70.4 Å². The van der Waals surface area contributed by atoms with Crippen molar-refractivity contribution in [2.45, 2.75) is 6.10 Å². The van der Waals surface area contributed by atoms with Crippen LogP contribution in [-0.2, 0) is 0 Å². The summed E-state index contributed by atoms with van der Waals surface area (Å²) in [6.45, 7) is 0. The van der Waals surface area contributed by atoms with Gasteiger partial charge in [0.1, 0.15) is 6.10 Å². The number of aliphatic hydroxyl groups excluding tert-OH is 1. The zero-order chi connectivity index (χ0) is 12.0. The van der Waals surface area contributed by atoms with Gasteiger partial charge in [0.2, 0.25) is 0 Å². The van der Waals surface area contributed by atoms with Gasteiger partial charge in [-0.25, -0.2) is 4.79 Å². The Hall–Kier alpha value is -2.20. The van der Waals surface area contributed by atoms with E-state index in [0.717, 1.165) is 11.1 Å². The third-order valence-electron chi connectivity index (χ3n) is 2.97. The molecule has 0 saturated carbocycles. The first-order valence-corrected chi connectivity index (χ1v) is 5.19. The van der Waals surface area contributed by atoms with Crippen molar-refractivity contribution in [2.24, 2.45) is 0 Å². The molecular weight excluding hydrogens is 218 g/mol. The molecule has 0 saturated heterocycles. The lowest BCUT2D eigenvalue weighted by atomic mass is 10.1. The summed E-state index contributed by atoms with van der Waals surface area (Å²) in [4.78, 5) is 15.0. The molecular formula is C13H9NO3. The summed E-state index contributed by atoms with van der Waals surface area (Å²) < 4.78 is 0. The Morgan fingerprint density at radius 2 is 2.00 bits per heavy atom. The summed E-state index contributed by atoms with van der Waals surface area (Å²) in [6.07, 6.45) is 0.531. The molecule has 1 aromatic carbocycles. The molecule has 0 bridgehead atoms. The van der Waals surface area contributed by atoms with Crippen molar-refractivity contribution in [1.29, 1.82) is 0 Å². The molecule has 1 aliphatic rings. The summed E-state index contributed by atoms with van der Waals surface area (Å²) in [5, 5.41) is 19.0. The van der Waals surface area contributed by atoms with Gasteiger partial charge in [-0.3, -0.25) is 4.98 Å². The third kappa shape index (κ3) is 1.34. The van der Waals surface area contributed by atoms with Crippen LogP contribution in [0.4, 0.5) is 0 Å². The number of aromatic nitrogens is 1. The van der Waals surface area contributed by atoms with Crippen LogP contribution in [0.25, 0.3) is 11.3 Å². The number of aromatic carboxylic acids is 1. The standard InChI is InChI=1S/C13H9NO3/c15-12-9-4-2-1-3-8(9)11-10(12)5-7(6-14-11)13(16)17/h1-6,12,15H,(H,16,17). The fourth-order valence-corrected chi connectivity index (χ4v) is 2.15. The predicted octanol–water partition coefficient (Wildman–Crippen LogP) is 1.84.